The highest BCUT2D eigenvalue weighted by molar-refractivity contribution is 7.91. The number of aryl methyl sites for hydroxylation is 1. The van der Waals surface area contributed by atoms with E-state index in [1.165, 1.54) is 4.88 Å². The quantitative estimate of drug-likeness (QED) is 0.825. The van der Waals surface area contributed by atoms with Crippen molar-refractivity contribution in [1.82, 2.24) is 5.32 Å². The first kappa shape index (κ1) is 12.0. The number of sulfone groups is 1. The zero-order chi connectivity index (χ0) is 12.9. The molecule has 2 aliphatic heterocycles. The Kier molecular flexibility index (Phi) is 2.63. The Bertz CT molecular complexity index is 593. The highest BCUT2D eigenvalue weighted by atomic mass is 32.2. The number of thiophene rings is 1. The topological polar surface area (TPSA) is 66.5 Å². The average molecular weight is 286 g/mol. The average Bonchev–Trinajstić information content (AvgIpc) is 2.90. The summed E-state index contributed by atoms with van der Waals surface area (Å²) < 4.78 is 23.2. The van der Waals surface area contributed by atoms with Gasteiger partial charge >= 0.3 is 6.03 Å². The second-order valence-corrected chi connectivity index (χ2v) is 7.96. The molecule has 0 aliphatic carbocycles. The van der Waals surface area contributed by atoms with Gasteiger partial charge in [-0.15, -0.1) is 11.3 Å². The molecule has 18 heavy (non-hydrogen) atoms. The van der Waals surface area contributed by atoms with E-state index in [4.69, 9.17) is 0 Å². The van der Waals surface area contributed by atoms with E-state index >= 15 is 0 Å². The van der Waals surface area contributed by atoms with Gasteiger partial charge in [-0.1, -0.05) is 6.92 Å². The molecule has 2 saturated heterocycles. The van der Waals surface area contributed by atoms with Gasteiger partial charge in [-0.25, -0.2) is 13.2 Å². The first-order chi connectivity index (χ1) is 8.50. The molecule has 0 aromatic carbocycles. The van der Waals surface area contributed by atoms with Gasteiger partial charge in [0.1, 0.15) is 0 Å². The summed E-state index contributed by atoms with van der Waals surface area (Å²) in [5.41, 5.74) is 0. The maximum absolute atomic E-state index is 11.9. The van der Waals surface area contributed by atoms with Crippen molar-refractivity contribution in [3.8, 4) is 0 Å². The molecular formula is C11H14N2O3S2. The fraction of sp³-hybridized carbons (Fsp3) is 0.545. The molecule has 2 atom stereocenters. The minimum atomic E-state index is -3.02. The number of hydrogen-bond acceptors (Lipinski definition) is 4. The third kappa shape index (κ3) is 1.81. The molecule has 5 nitrogen and oxygen atoms in total. The van der Waals surface area contributed by atoms with Gasteiger partial charge in [0.2, 0.25) is 0 Å². The minimum absolute atomic E-state index is 0.0614. The Labute approximate surface area is 110 Å². The molecule has 0 radical (unpaired) electrons. The third-order valence-electron chi connectivity index (χ3n) is 3.42. The smallest absolute Gasteiger partial charge is 0.323 e. The number of urea groups is 1. The molecule has 7 heteroatoms. The van der Waals surface area contributed by atoms with Gasteiger partial charge in [0, 0.05) is 4.88 Å². The van der Waals surface area contributed by atoms with Crippen molar-refractivity contribution < 1.29 is 13.2 Å². The van der Waals surface area contributed by atoms with Crippen molar-refractivity contribution in [1.29, 1.82) is 0 Å². The van der Waals surface area contributed by atoms with E-state index in [1.807, 2.05) is 12.1 Å². The molecule has 3 rings (SSSR count). The van der Waals surface area contributed by atoms with Crippen molar-refractivity contribution in [3.05, 3.63) is 17.0 Å². The molecular weight excluding hydrogens is 272 g/mol. The molecule has 1 aromatic heterocycles. The number of nitrogens with zero attached hydrogens (tertiary/aromatic N) is 1. The second-order valence-electron chi connectivity index (χ2n) is 4.66. The fourth-order valence-corrected chi connectivity index (χ4v) is 5.44. The van der Waals surface area contributed by atoms with Crippen LogP contribution in [-0.4, -0.2) is 38.0 Å². The SMILES string of the molecule is CCc1ccc(N2C(=O)N[C@@H]3CS(=O)(=O)C[C@@H]32)s1. The summed E-state index contributed by atoms with van der Waals surface area (Å²) >= 11 is 1.55. The van der Waals surface area contributed by atoms with Crippen molar-refractivity contribution in [3.63, 3.8) is 0 Å². The van der Waals surface area contributed by atoms with E-state index in [9.17, 15) is 13.2 Å². The predicted octanol–water partition coefficient (Wildman–Crippen LogP) is 1.01. The number of anilines is 1. The lowest BCUT2D eigenvalue weighted by molar-refractivity contribution is 0.251. The molecule has 0 bridgehead atoms. The van der Waals surface area contributed by atoms with Crippen LogP contribution in [0.1, 0.15) is 11.8 Å². The number of carbonyl (C=O) groups excluding carboxylic acids is 1. The maximum atomic E-state index is 11.9. The summed E-state index contributed by atoms with van der Waals surface area (Å²) in [6, 6.07) is 3.21. The predicted molar refractivity (Wildman–Crippen MR) is 70.9 cm³/mol. The van der Waals surface area contributed by atoms with Crippen molar-refractivity contribution in [2.24, 2.45) is 0 Å². The summed E-state index contributed by atoms with van der Waals surface area (Å²) in [6.07, 6.45) is 0.923. The first-order valence-electron chi connectivity index (χ1n) is 5.89. The molecule has 3 heterocycles. The van der Waals surface area contributed by atoms with Crippen LogP contribution < -0.4 is 10.2 Å². The van der Waals surface area contributed by atoms with Gasteiger partial charge in [0.15, 0.2) is 9.84 Å². The van der Waals surface area contributed by atoms with Crippen LogP contribution in [0.15, 0.2) is 12.1 Å². The first-order valence-corrected chi connectivity index (χ1v) is 8.53. The number of nitrogens with one attached hydrogen (secondary N) is 1. The Hall–Kier alpha value is -1.08. The van der Waals surface area contributed by atoms with Crippen LogP contribution in [0.4, 0.5) is 9.80 Å². The van der Waals surface area contributed by atoms with Crippen LogP contribution in [0.2, 0.25) is 0 Å². The summed E-state index contributed by atoms with van der Waals surface area (Å²) in [5, 5.41) is 3.60. The summed E-state index contributed by atoms with van der Waals surface area (Å²) in [5.74, 6) is 0.127. The monoisotopic (exact) mass is 286 g/mol. The highest BCUT2D eigenvalue weighted by Crippen LogP contribution is 2.34. The number of rotatable bonds is 2. The van der Waals surface area contributed by atoms with Crippen LogP contribution in [0.3, 0.4) is 0 Å². The molecule has 98 valence electrons. The molecule has 1 aromatic rings. The Balaban J connectivity index is 1.94. The van der Waals surface area contributed by atoms with Crippen molar-refractivity contribution in [2.45, 2.75) is 25.4 Å². The molecule has 0 unspecified atom stereocenters. The van der Waals surface area contributed by atoms with E-state index in [0.717, 1.165) is 11.4 Å². The zero-order valence-corrected chi connectivity index (χ0v) is 11.6. The van der Waals surface area contributed by atoms with Crippen LogP contribution in [0.25, 0.3) is 0 Å². The lowest BCUT2D eigenvalue weighted by Gasteiger charge is -2.18. The van der Waals surface area contributed by atoms with Gasteiger partial charge in [0.05, 0.1) is 28.6 Å². The number of fused-ring (bicyclic) bond motifs is 1. The van der Waals surface area contributed by atoms with Gasteiger partial charge < -0.3 is 5.32 Å². The highest BCUT2D eigenvalue weighted by Gasteiger charge is 2.49. The van der Waals surface area contributed by atoms with Crippen LogP contribution in [-0.2, 0) is 16.3 Å². The van der Waals surface area contributed by atoms with Gasteiger partial charge in [-0.05, 0) is 18.6 Å². The van der Waals surface area contributed by atoms with Crippen LogP contribution in [0, 0.1) is 0 Å². The molecule has 2 fully saturated rings. The third-order valence-corrected chi connectivity index (χ3v) is 6.36. The standard InChI is InChI=1S/C11H14N2O3S2/c1-2-7-3-4-10(17-7)13-9-6-18(15,16)5-8(9)12-11(13)14/h3-4,8-9H,2,5-6H2,1H3,(H,12,14)/t8-,9+/m1/s1. The van der Waals surface area contributed by atoms with Crippen LogP contribution in [0.5, 0.6) is 0 Å². The molecule has 0 spiro atoms. The van der Waals surface area contributed by atoms with Crippen molar-refractivity contribution in [2.75, 3.05) is 16.4 Å². The van der Waals surface area contributed by atoms with E-state index in [1.54, 1.807) is 16.2 Å². The fourth-order valence-electron chi connectivity index (χ4n) is 2.55. The minimum Gasteiger partial charge on any atom is -0.332 e. The van der Waals surface area contributed by atoms with E-state index in [-0.39, 0.29) is 29.6 Å². The second kappa shape index (κ2) is 3.96. The summed E-state index contributed by atoms with van der Waals surface area (Å²) in [4.78, 5) is 14.7. The Morgan fingerprint density at radius 1 is 1.44 bits per heavy atom. The Morgan fingerprint density at radius 2 is 2.22 bits per heavy atom. The van der Waals surface area contributed by atoms with Crippen molar-refractivity contribution >= 4 is 32.2 Å². The molecule has 0 saturated carbocycles. The lowest BCUT2D eigenvalue weighted by Crippen LogP contribution is -2.36. The van der Waals surface area contributed by atoms with E-state index in [0.29, 0.717) is 0 Å². The number of carbonyl (C=O) groups is 1. The molecule has 1 N–H and O–H groups in total. The molecule has 2 aliphatic rings. The molecule has 2 amide bonds. The number of hydrogen-bond donors (Lipinski definition) is 1. The summed E-state index contributed by atoms with van der Waals surface area (Å²) in [6.45, 7) is 2.06. The lowest BCUT2D eigenvalue weighted by atomic mass is 10.2. The number of amides is 2. The Morgan fingerprint density at radius 3 is 2.89 bits per heavy atom. The largest absolute Gasteiger partial charge is 0.332 e. The van der Waals surface area contributed by atoms with E-state index in [2.05, 4.69) is 12.2 Å². The normalized spacial score (nSPS) is 29.4. The summed E-state index contributed by atoms with van der Waals surface area (Å²) in [7, 11) is -3.02. The van der Waals surface area contributed by atoms with Crippen LogP contribution >= 0.6 is 11.3 Å². The van der Waals surface area contributed by atoms with Gasteiger partial charge in [0.25, 0.3) is 0 Å². The maximum Gasteiger partial charge on any atom is 0.323 e. The van der Waals surface area contributed by atoms with E-state index < -0.39 is 9.84 Å². The van der Waals surface area contributed by atoms with Gasteiger partial charge in [-0.3, -0.25) is 4.90 Å². The van der Waals surface area contributed by atoms with Gasteiger partial charge in [-0.2, -0.15) is 0 Å². The zero-order valence-electron chi connectivity index (χ0n) is 9.92.